The van der Waals surface area contributed by atoms with Gasteiger partial charge in [-0.05, 0) is 43.0 Å². The Morgan fingerprint density at radius 1 is 0.875 bits per heavy atom. The number of para-hydroxylation sites is 2. The van der Waals surface area contributed by atoms with Crippen LogP contribution in [0.25, 0.3) is 0 Å². The van der Waals surface area contributed by atoms with Crippen LogP contribution in [0.4, 0.5) is 11.4 Å². The zero-order chi connectivity index (χ0) is 16.2. The smallest absolute Gasteiger partial charge is 0.0374 e. The van der Waals surface area contributed by atoms with E-state index in [0.29, 0.717) is 6.04 Å². The first-order valence-corrected chi connectivity index (χ1v) is 9.25. The Hall–Kier alpha value is -2.00. The lowest BCUT2D eigenvalue weighted by Gasteiger charge is -2.37. The number of fused-ring (bicyclic) bond motifs is 1. The molecule has 2 aliphatic rings. The van der Waals surface area contributed by atoms with E-state index in [9.17, 15) is 0 Å². The molecule has 0 bridgehead atoms. The van der Waals surface area contributed by atoms with Crippen molar-refractivity contribution in [3.8, 4) is 0 Å². The molecule has 0 radical (unpaired) electrons. The first-order valence-electron chi connectivity index (χ1n) is 9.25. The maximum absolute atomic E-state index is 3.73. The van der Waals surface area contributed by atoms with E-state index in [1.807, 2.05) is 0 Å². The summed E-state index contributed by atoms with van der Waals surface area (Å²) in [6, 6.07) is 20.2. The number of rotatable bonds is 4. The number of piperazine rings is 1. The van der Waals surface area contributed by atoms with Crippen LogP contribution in [0.5, 0.6) is 0 Å². The van der Waals surface area contributed by atoms with Crippen LogP contribution >= 0.6 is 0 Å². The van der Waals surface area contributed by atoms with Gasteiger partial charge in [-0.2, -0.15) is 0 Å². The standard InChI is InChI=1S/C21H27N3/c1-2-7-20(8-3-1)24-16-14-23(15-17-24)13-12-19-11-10-18-6-4-5-9-21(18)22-19/h1-9,19,22H,10-17H2. The highest BCUT2D eigenvalue weighted by Gasteiger charge is 2.20. The average Bonchev–Trinajstić information content (AvgIpc) is 2.67. The van der Waals surface area contributed by atoms with Crippen molar-refractivity contribution in [1.82, 2.24) is 4.90 Å². The molecule has 0 aromatic heterocycles. The maximum Gasteiger partial charge on any atom is 0.0374 e. The zero-order valence-electron chi connectivity index (χ0n) is 14.3. The van der Waals surface area contributed by atoms with Gasteiger partial charge >= 0.3 is 0 Å². The topological polar surface area (TPSA) is 18.5 Å². The summed E-state index contributed by atoms with van der Waals surface area (Å²) in [5.74, 6) is 0. The summed E-state index contributed by atoms with van der Waals surface area (Å²) in [4.78, 5) is 5.13. The molecule has 2 aromatic rings. The molecule has 0 amide bonds. The molecule has 1 N–H and O–H groups in total. The first-order chi connectivity index (χ1) is 11.9. The molecule has 0 aliphatic carbocycles. The fourth-order valence-corrected chi connectivity index (χ4v) is 3.92. The lowest BCUT2D eigenvalue weighted by atomic mass is 9.96. The molecule has 2 heterocycles. The van der Waals surface area contributed by atoms with Crippen molar-refractivity contribution in [3.63, 3.8) is 0 Å². The van der Waals surface area contributed by atoms with Gasteiger partial charge in [0.2, 0.25) is 0 Å². The lowest BCUT2D eigenvalue weighted by molar-refractivity contribution is 0.248. The Kier molecular flexibility index (Phi) is 4.70. The number of benzene rings is 2. The zero-order valence-corrected chi connectivity index (χ0v) is 14.3. The van der Waals surface area contributed by atoms with E-state index in [2.05, 4.69) is 69.7 Å². The summed E-state index contributed by atoms with van der Waals surface area (Å²) >= 11 is 0. The fourth-order valence-electron chi connectivity index (χ4n) is 3.92. The van der Waals surface area contributed by atoms with E-state index in [1.165, 1.54) is 55.8 Å². The minimum absolute atomic E-state index is 0.632. The molecule has 1 fully saturated rings. The van der Waals surface area contributed by atoms with E-state index < -0.39 is 0 Å². The second-order valence-electron chi connectivity index (χ2n) is 6.99. The highest BCUT2D eigenvalue weighted by molar-refractivity contribution is 5.53. The molecular formula is C21H27N3. The highest BCUT2D eigenvalue weighted by Crippen LogP contribution is 2.25. The monoisotopic (exact) mass is 321 g/mol. The molecule has 1 unspecified atom stereocenters. The van der Waals surface area contributed by atoms with E-state index in [-0.39, 0.29) is 0 Å². The molecule has 126 valence electrons. The van der Waals surface area contributed by atoms with Gasteiger partial charge in [0.15, 0.2) is 0 Å². The summed E-state index contributed by atoms with van der Waals surface area (Å²) in [5.41, 5.74) is 4.19. The van der Waals surface area contributed by atoms with Gasteiger partial charge in [-0.1, -0.05) is 36.4 Å². The predicted octanol–water partition coefficient (Wildman–Crippen LogP) is 3.63. The minimum atomic E-state index is 0.632. The number of hydrogen-bond acceptors (Lipinski definition) is 3. The number of hydrogen-bond donors (Lipinski definition) is 1. The SMILES string of the molecule is c1ccc(N2CCN(CCC3CCc4ccccc4N3)CC2)cc1. The van der Waals surface area contributed by atoms with Gasteiger partial charge in [0.05, 0.1) is 0 Å². The van der Waals surface area contributed by atoms with Crippen LogP contribution in [0.15, 0.2) is 54.6 Å². The molecule has 3 heteroatoms. The molecular weight excluding hydrogens is 294 g/mol. The van der Waals surface area contributed by atoms with Crippen LogP contribution in [0.1, 0.15) is 18.4 Å². The van der Waals surface area contributed by atoms with Crippen molar-refractivity contribution in [2.75, 3.05) is 42.9 Å². The van der Waals surface area contributed by atoms with E-state index in [0.717, 1.165) is 13.1 Å². The number of nitrogens with one attached hydrogen (secondary N) is 1. The lowest BCUT2D eigenvalue weighted by Crippen LogP contribution is -2.47. The van der Waals surface area contributed by atoms with Crippen LogP contribution < -0.4 is 10.2 Å². The second kappa shape index (κ2) is 7.27. The Bertz CT molecular complexity index is 647. The van der Waals surface area contributed by atoms with Crippen molar-refractivity contribution >= 4 is 11.4 Å². The average molecular weight is 321 g/mol. The Morgan fingerprint density at radius 3 is 2.46 bits per heavy atom. The molecule has 1 saturated heterocycles. The van der Waals surface area contributed by atoms with Gasteiger partial charge in [-0.3, -0.25) is 4.90 Å². The number of aryl methyl sites for hydroxylation is 1. The second-order valence-corrected chi connectivity index (χ2v) is 6.99. The summed E-state index contributed by atoms with van der Waals surface area (Å²) in [6.07, 6.45) is 3.73. The molecule has 1 atom stereocenters. The van der Waals surface area contributed by atoms with Crippen molar-refractivity contribution in [2.24, 2.45) is 0 Å². The quantitative estimate of drug-likeness (QED) is 0.928. The highest BCUT2D eigenvalue weighted by atomic mass is 15.3. The number of nitrogens with zero attached hydrogens (tertiary/aromatic N) is 2. The van der Waals surface area contributed by atoms with Crippen LogP contribution in [-0.2, 0) is 6.42 Å². The Balaban J connectivity index is 1.24. The summed E-state index contributed by atoms with van der Waals surface area (Å²) in [6.45, 7) is 5.86. The van der Waals surface area contributed by atoms with Crippen molar-refractivity contribution in [2.45, 2.75) is 25.3 Å². The summed E-state index contributed by atoms with van der Waals surface area (Å²) in [7, 11) is 0. The van der Waals surface area contributed by atoms with Crippen molar-refractivity contribution < 1.29 is 0 Å². The van der Waals surface area contributed by atoms with Crippen molar-refractivity contribution in [3.05, 3.63) is 60.2 Å². The summed E-state index contributed by atoms with van der Waals surface area (Å²) in [5, 5.41) is 3.73. The van der Waals surface area contributed by atoms with Gasteiger partial charge in [0.1, 0.15) is 0 Å². The third-order valence-corrected chi connectivity index (χ3v) is 5.43. The minimum Gasteiger partial charge on any atom is -0.382 e. The Morgan fingerprint density at radius 2 is 1.62 bits per heavy atom. The van der Waals surface area contributed by atoms with E-state index in [4.69, 9.17) is 0 Å². The molecule has 0 saturated carbocycles. The largest absolute Gasteiger partial charge is 0.382 e. The normalized spacial score (nSPS) is 21.2. The molecule has 3 nitrogen and oxygen atoms in total. The van der Waals surface area contributed by atoms with Crippen LogP contribution in [0, 0.1) is 0 Å². The van der Waals surface area contributed by atoms with E-state index in [1.54, 1.807) is 0 Å². The van der Waals surface area contributed by atoms with Gasteiger partial charge in [0, 0.05) is 50.1 Å². The predicted molar refractivity (Wildman–Crippen MR) is 102 cm³/mol. The third-order valence-electron chi connectivity index (χ3n) is 5.43. The van der Waals surface area contributed by atoms with Crippen LogP contribution in [0.3, 0.4) is 0 Å². The van der Waals surface area contributed by atoms with Gasteiger partial charge in [-0.15, -0.1) is 0 Å². The molecule has 4 rings (SSSR count). The first kappa shape index (κ1) is 15.5. The van der Waals surface area contributed by atoms with Crippen LogP contribution in [0.2, 0.25) is 0 Å². The maximum atomic E-state index is 3.73. The van der Waals surface area contributed by atoms with E-state index >= 15 is 0 Å². The summed E-state index contributed by atoms with van der Waals surface area (Å²) < 4.78 is 0. The molecule has 2 aliphatic heterocycles. The third kappa shape index (κ3) is 3.57. The van der Waals surface area contributed by atoms with Gasteiger partial charge < -0.3 is 10.2 Å². The molecule has 2 aromatic carbocycles. The Labute approximate surface area is 145 Å². The fraction of sp³-hybridized carbons (Fsp3) is 0.429. The van der Waals surface area contributed by atoms with Crippen molar-refractivity contribution in [1.29, 1.82) is 0 Å². The van der Waals surface area contributed by atoms with Crippen LogP contribution in [-0.4, -0.2) is 43.7 Å². The van der Waals surface area contributed by atoms with Gasteiger partial charge in [0.25, 0.3) is 0 Å². The van der Waals surface area contributed by atoms with Gasteiger partial charge in [-0.25, -0.2) is 0 Å². The molecule has 0 spiro atoms. The number of anilines is 2. The molecule has 24 heavy (non-hydrogen) atoms.